The third kappa shape index (κ3) is 4.10. The summed E-state index contributed by atoms with van der Waals surface area (Å²) in [5, 5.41) is 6.89. The Bertz CT molecular complexity index is 401. The normalized spacial score (nSPS) is 28.3. The van der Waals surface area contributed by atoms with E-state index in [1.807, 2.05) is 6.92 Å². The number of rotatable bonds is 5. The zero-order valence-corrected chi connectivity index (χ0v) is 12.8. The van der Waals surface area contributed by atoms with E-state index in [0.29, 0.717) is 0 Å². The Labute approximate surface area is 118 Å². The molecule has 1 atom stereocenters. The van der Waals surface area contributed by atoms with Crippen LogP contribution in [0.1, 0.15) is 40.5 Å². The Morgan fingerprint density at radius 2 is 2.16 bits per heavy atom. The van der Waals surface area contributed by atoms with Crippen LogP contribution in [-0.2, 0) is 0 Å². The Hall–Kier alpha value is -1.28. The molecule has 0 aromatic rings. The van der Waals surface area contributed by atoms with E-state index in [1.165, 1.54) is 11.3 Å². The summed E-state index contributed by atoms with van der Waals surface area (Å²) in [6, 6.07) is 0. The maximum Gasteiger partial charge on any atom is 0.0371 e. The van der Waals surface area contributed by atoms with Gasteiger partial charge in [-0.15, -0.1) is 0 Å². The highest BCUT2D eigenvalue weighted by Gasteiger charge is 2.33. The minimum absolute atomic E-state index is 0.127. The lowest BCUT2D eigenvalue weighted by Gasteiger charge is -2.39. The molecule has 1 saturated heterocycles. The molecule has 1 unspecified atom stereocenters. The largest absolute Gasteiger partial charge is 0.359 e. The number of allylic oxidation sites excluding steroid dienone is 6. The van der Waals surface area contributed by atoms with Crippen LogP contribution in [0.15, 0.2) is 47.9 Å². The molecular formula is C17H28N2. The predicted molar refractivity (Wildman–Crippen MR) is 84.8 cm³/mol. The van der Waals surface area contributed by atoms with Crippen molar-refractivity contribution in [3.05, 3.63) is 47.9 Å². The zero-order valence-electron chi connectivity index (χ0n) is 12.8. The fraction of sp³-hybridized carbons (Fsp3) is 0.529. The fourth-order valence-electron chi connectivity index (χ4n) is 2.41. The van der Waals surface area contributed by atoms with Crippen LogP contribution in [0.3, 0.4) is 0 Å². The summed E-state index contributed by atoms with van der Waals surface area (Å²) in [7, 11) is 0. The lowest BCUT2D eigenvalue weighted by molar-refractivity contribution is 0.324. The van der Waals surface area contributed by atoms with E-state index in [0.717, 1.165) is 31.6 Å². The van der Waals surface area contributed by atoms with Gasteiger partial charge in [-0.05, 0) is 45.4 Å². The van der Waals surface area contributed by atoms with Crippen molar-refractivity contribution in [3.8, 4) is 0 Å². The molecule has 0 spiro atoms. The average molecular weight is 260 g/mol. The van der Waals surface area contributed by atoms with Crippen LogP contribution in [0, 0.1) is 5.41 Å². The third-order valence-corrected chi connectivity index (χ3v) is 3.82. The highest BCUT2D eigenvalue weighted by atomic mass is 14.9. The molecule has 1 aliphatic rings. The van der Waals surface area contributed by atoms with Gasteiger partial charge in [0, 0.05) is 16.8 Å². The van der Waals surface area contributed by atoms with Gasteiger partial charge >= 0.3 is 0 Å². The molecule has 1 rings (SSSR count). The second kappa shape index (κ2) is 7.34. The SMILES string of the molecule is C=C1NC(=C/C)/C(=C\C=C/C)CC1(C)CCNCC. The van der Waals surface area contributed by atoms with Gasteiger partial charge in [0.25, 0.3) is 0 Å². The van der Waals surface area contributed by atoms with Crippen LogP contribution in [0.2, 0.25) is 0 Å². The summed E-state index contributed by atoms with van der Waals surface area (Å²) in [5.41, 5.74) is 3.83. The molecule has 0 saturated carbocycles. The summed E-state index contributed by atoms with van der Waals surface area (Å²) < 4.78 is 0. The smallest absolute Gasteiger partial charge is 0.0371 e. The highest BCUT2D eigenvalue weighted by Crippen LogP contribution is 2.41. The molecule has 1 heterocycles. The van der Waals surface area contributed by atoms with Gasteiger partial charge in [-0.1, -0.05) is 44.7 Å². The second-order valence-electron chi connectivity index (χ2n) is 5.36. The van der Waals surface area contributed by atoms with E-state index >= 15 is 0 Å². The minimum Gasteiger partial charge on any atom is -0.359 e. The Kier molecular flexibility index (Phi) is 6.10. The van der Waals surface area contributed by atoms with E-state index in [9.17, 15) is 0 Å². The van der Waals surface area contributed by atoms with E-state index in [-0.39, 0.29) is 5.41 Å². The molecule has 0 aromatic carbocycles. The maximum atomic E-state index is 4.23. The van der Waals surface area contributed by atoms with Crippen LogP contribution in [0.4, 0.5) is 0 Å². The topological polar surface area (TPSA) is 24.1 Å². The van der Waals surface area contributed by atoms with E-state index in [1.54, 1.807) is 0 Å². The molecule has 0 aromatic heterocycles. The first kappa shape index (κ1) is 15.8. The molecule has 0 bridgehead atoms. The average Bonchev–Trinajstić information content (AvgIpc) is 2.40. The molecule has 2 N–H and O–H groups in total. The minimum atomic E-state index is 0.127. The summed E-state index contributed by atoms with van der Waals surface area (Å²) in [6.45, 7) is 14.9. The van der Waals surface area contributed by atoms with Gasteiger partial charge in [0.15, 0.2) is 0 Å². The van der Waals surface area contributed by atoms with E-state index in [4.69, 9.17) is 0 Å². The van der Waals surface area contributed by atoms with Crippen molar-refractivity contribution in [2.75, 3.05) is 13.1 Å². The lowest BCUT2D eigenvalue weighted by Crippen LogP contribution is -2.37. The van der Waals surface area contributed by atoms with Crippen LogP contribution in [0.25, 0.3) is 0 Å². The molecule has 2 nitrogen and oxygen atoms in total. The fourth-order valence-corrected chi connectivity index (χ4v) is 2.41. The van der Waals surface area contributed by atoms with Gasteiger partial charge in [-0.2, -0.15) is 0 Å². The van der Waals surface area contributed by atoms with Gasteiger partial charge in [-0.25, -0.2) is 0 Å². The van der Waals surface area contributed by atoms with Crippen molar-refractivity contribution in [2.24, 2.45) is 5.41 Å². The molecule has 1 fully saturated rings. The quantitative estimate of drug-likeness (QED) is 0.732. The maximum absolute atomic E-state index is 4.23. The van der Waals surface area contributed by atoms with Crippen LogP contribution in [0.5, 0.6) is 0 Å². The first-order valence-electron chi connectivity index (χ1n) is 7.23. The molecular weight excluding hydrogens is 232 g/mol. The molecule has 1 aliphatic heterocycles. The zero-order chi connectivity index (χ0) is 14.3. The Morgan fingerprint density at radius 1 is 1.42 bits per heavy atom. The molecule has 2 heteroatoms. The van der Waals surface area contributed by atoms with Crippen molar-refractivity contribution >= 4 is 0 Å². The van der Waals surface area contributed by atoms with E-state index in [2.05, 4.69) is 62.3 Å². The van der Waals surface area contributed by atoms with Gasteiger partial charge in [0.1, 0.15) is 0 Å². The molecule has 106 valence electrons. The van der Waals surface area contributed by atoms with Crippen molar-refractivity contribution in [1.29, 1.82) is 0 Å². The third-order valence-electron chi connectivity index (χ3n) is 3.82. The van der Waals surface area contributed by atoms with Crippen molar-refractivity contribution in [3.63, 3.8) is 0 Å². The van der Waals surface area contributed by atoms with Gasteiger partial charge in [-0.3, -0.25) is 0 Å². The molecule has 0 radical (unpaired) electrons. The van der Waals surface area contributed by atoms with Gasteiger partial charge in [0.05, 0.1) is 0 Å². The van der Waals surface area contributed by atoms with Crippen LogP contribution >= 0.6 is 0 Å². The Balaban J connectivity index is 2.88. The lowest BCUT2D eigenvalue weighted by atomic mass is 9.74. The summed E-state index contributed by atoms with van der Waals surface area (Å²) >= 11 is 0. The van der Waals surface area contributed by atoms with Crippen LogP contribution < -0.4 is 10.6 Å². The monoisotopic (exact) mass is 260 g/mol. The van der Waals surface area contributed by atoms with Crippen molar-refractivity contribution in [2.45, 2.75) is 40.5 Å². The van der Waals surface area contributed by atoms with Crippen molar-refractivity contribution in [1.82, 2.24) is 10.6 Å². The standard InChI is InChI=1S/C17H28N2/c1-6-9-10-15-13-17(5,11-12-18-8-3)14(4)19-16(15)7-2/h6-7,9-10,18-19H,4,8,11-13H2,1-3,5H3/b9-6-,15-10-,16-7+. The predicted octanol–water partition coefficient (Wildman–Crippen LogP) is 3.91. The molecule has 0 aliphatic carbocycles. The summed E-state index contributed by atoms with van der Waals surface area (Å²) in [5.74, 6) is 0. The van der Waals surface area contributed by atoms with Crippen molar-refractivity contribution < 1.29 is 0 Å². The summed E-state index contributed by atoms with van der Waals surface area (Å²) in [4.78, 5) is 0. The molecule has 19 heavy (non-hydrogen) atoms. The van der Waals surface area contributed by atoms with E-state index < -0.39 is 0 Å². The number of hydrogen-bond donors (Lipinski definition) is 2. The van der Waals surface area contributed by atoms with Gasteiger partial charge < -0.3 is 10.6 Å². The first-order chi connectivity index (χ1) is 9.07. The van der Waals surface area contributed by atoms with Crippen LogP contribution in [-0.4, -0.2) is 13.1 Å². The number of nitrogens with one attached hydrogen (secondary N) is 2. The molecule has 0 amide bonds. The Morgan fingerprint density at radius 3 is 2.74 bits per heavy atom. The second-order valence-corrected chi connectivity index (χ2v) is 5.36. The highest BCUT2D eigenvalue weighted by molar-refractivity contribution is 5.40. The summed E-state index contributed by atoms with van der Waals surface area (Å²) in [6.07, 6.45) is 10.7. The number of hydrogen-bond acceptors (Lipinski definition) is 2. The first-order valence-corrected chi connectivity index (χ1v) is 7.23. The number of piperidine rings is 1. The van der Waals surface area contributed by atoms with Gasteiger partial charge in [0.2, 0.25) is 0 Å².